The number of hydrogen-bond donors (Lipinski definition) is 1. The standard InChI is InChI=1S/C10H13NO4S/c1-15-10(12)8-2-4-9(5-3-8)16(13,14)7-6-11/h2-5H,6-7,11H2,1H3. The van der Waals surface area contributed by atoms with E-state index in [0.717, 1.165) is 0 Å². The quantitative estimate of drug-likeness (QED) is 0.764. The van der Waals surface area contributed by atoms with E-state index in [2.05, 4.69) is 4.74 Å². The number of ether oxygens (including phenoxy) is 1. The van der Waals surface area contributed by atoms with Crippen LogP contribution in [0.5, 0.6) is 0 Å². The van der Waals surface area contributed by atoms with Crippen molar-refractivity contribution >= 4 is 15.8 Å². The third kappa shape index (κ3) is 2.80. The Morgan fingerprint density at radius 2 is 1.88 bits per heavy atom. The van der Waals surface area contributed by atoms with Crippen LogP contribution in [0.3, 0.4) is 0 Å². The third-order valence-corrected chi connectivity index (χ3v) is 3.78. The zero-order valence-electron chi connectivity index (χ0n) is 8.84. The molecule has 0 saturated heterocycles. The van der Waals surface area contributed by atoms with Crippen molar-refractivity contribution in [1.82, 2.24) is 0 Å². The van der Waals surface area contributed by atoms with E-state index in [4.69, 9.17) is 5.73 Å². The first-order valence-corrected chi connectivity index (χ1v) is 6.27. The van der Waals surface area contributed by atoms with Crippen LogP contribution < -0.4 is 5.73 Å². The predicted octanol–water partition coefficient (Wildman–Crippen LogP) is 0.206. The topological polar surface area (TPSA) is 86.5 Å². The first-order valence-electron chi connectivity index (χ1n) is 4.62. The minimum atomic E-state index is -3.34. The van der Waals surface area contributed by atoms with E-state index >= 15 is 0 Å². The van der Waals surface area contributed by atoms with Gasteiger partial charge in [-0.1, -0.05) is 0 Å². The van der Waals surface area contributed by atoms with Gasteiger partial charge >= 0.3 is 5.97 Å². The SMILES string of the molecule is COC(=O)c1ccc(S(=O)(=O)CCN)cc1. The Balaban J connectivity index is 3.00. The summed E-state index contributed by atoms with van der Waals surface area (Å²) in [4.78, 5) is 11.3. The van der Waals surface area contributed by atoms with Crippen molar-refractivity contribution in [3.05, 3.63) is 29.8 Å². The van der Waals surface area contributed by atoms with Crippen molar-refractivity contribution in [1.29, 1.82) is 0 Å². The molecule has 1 rings (SSSR count). The van der Waals surface area contributed by atoms with Crippen LogP contribution in [0.25, 0.3) is 0 Å². The van der Waals surface area contributed by atoms with E-state index in [-0.39, 0.29) is 17.2 Å². The van der Waals surface area contributed by atoms with Crippen LogP contribution >= 0.6 is 0 Å². The minimum Gasteiger partial charge on any atom is -0.465 e. The second-order valence-electron chi connectivity index (χ2n) is 3.12. The molecule has 0 fully saturated rings. The van der Waals surface area contributed by atoms with Crippen LogP contribution in [0.2, 0.25) is 0 Å². The second-order valence-corrected chi connectivity index (χ2v) is 5.23. The second kappa shape index (κ2) is 5.09. The van der Waals surface area contributed by atoms with Crippen LogP contribution in [0.15, 0.2) is 29.2 Å². The van der Waals surface area contributed by atoms with E-state index in [1.54, 1.807) is 0 Å². The highest BCUT2D eigenvalue weighted by Crippen LogP contribution is 2.12. The summed E-state index contributed by atoms with van der Waals surface area (Å²) in [6, 6.07) is 5.57. The Bertz CT molecular complexity index is 464. The van der Waals surface area contributed by atoms with E-state index in [1.165, 1.54) is 31.4 Å². The van der Waals surface area contributed by atoms with Gasteiger partial charge in [-0.3, -0.25) is 0 Å². The lowest BCUT2D eigenvalue weighted by atomic mass is 10.2. The molecule has 1 aromatic carbocycles. The number of benzene rings is 1. The van der Waals surface area contributed by atoms with Crippen molar-refractivity contribution in [2.24, 2.45) is 5.73 Å². The van der Waals surface area contributed by atoms with Gasteiger partial charge in [-0.2, -0.15) is 0 Å². The van der Waals surface area contributed by atoms with E-state index in [1.807, 2.05) is 0 Å². The average molecular weight is 243 g/mol. The van der Waals surface area contributed by atoms with Crippen molar-refractivity contribution in [3.8, 4) is 0 Å². The fourth-order valence-corrected chi connectivity index (χ4v) is 2.29. The van der Waals surface area contributed by atoms with Gasteiger partial charge in [0.05, 0.1) is 23.3 Å². The van der Waals surface area contributed by atoms with Gasteiger partial charge in [0, 0.05) is 6.54 Å². The Kier molecular flexibility index (Phi) is 4.03. The molecule has 0 aliphatic heterocycles. The first kappa shape index (κ1) is 12.7. The fraction of sp³-hybridized carbons (Fsp3) is 0.300. The van der Waals surface area contributed by atoms with Gasteiger partial charge in [-0.05, 0) is 24.3 Å². The Hall–Kier alpha value is -1.40. The summed E-state index contributed by atoms with van der Waals surface area (Å²) in [6.07, 6.45) is 0. The zero-order valence-corrected chi connectivity index (χ0v) is 9.66. The smallest absolute Gasteiger partial charge is 0.337 e. The van der Waals surface area contributed by atoms with Gasteiger partial charge in [-0.15, -0.1) is 0 Å². The summed E-state index contributed by atoms with van der Waals surface area (Å²) in [5.41, 5.74) is 5.51. The van der Waals surface area contributed by atoms with Crippen LogP contribution in [-0.2, 0) is 14.6 Å². The third-order valence-electron chi connectivity index (χ3n) is 2.02. The monoisotopic (exact) mass is 243 g/mol. The van der Waals surface area contributed by atoms with E-state index < -0.39 is 15.8 Å². The predicted molar refractivity (Wildman–Crippen MR) is 58.9 cm³/mol. The van der Waals surface area contributed by atoms with Crippen molar-refractivity contribution in [2.75, 3.05) is 19.4 Å². The summed E-state index contributed by atoms with van der Waals surface area (Å²) in [6.45, 7) is 0.0705. The molecule has 2 N–H and O–H groups in total. The van der Waals surface area contributed by atoms with Crippen molar-refractivity contribution in [3.63, 3.8) is 0 Å². The molecule has 0 aliphatic carbocycles. The molecule has 0 aromatic heterocycles. The van der Waals surface area contributed by atoms with E-state index in [0.29, 0.717) is 5.56 Å². The molecule has 0 amide bonds. The molecule has 0 bridgehead atoms. The highest BCUT2D eigenvalue weighted by Gasteiger charge is 2.14. The molecule has 5 nitrogen and oxygen atoms in total. The van der Waals surface area contributed by atoms with Gasteiger partial charge in [-0.25, -0.2) is 13.2 Å². The number of esters is 1. The molecule has 0 heterocycles. The molecule has 0 aliphatic rings. The number of nitrogens with two attached hydrogens (primary N) is 1. The van der Waals surface area contributed by atoms with Gasteiger partial charge in [0.1, 0.15) is 0 Å². The largest absolute Gasteiger partial charge is 0.465 e. The maximum atomic E-state index is 11.6. The maximum Gasteiger partial charge on any atom is 0.337 e. The molecule has 0 radical (unpaired) electrons. The molecule has 0 atom stereocenters. The highest BCUT2D eigenvalue weighted by atomic mass is 32.2. The molecule has 1 aromatic rings. The molecule has 0 spiro atoms. The molecule has 6 heteroatoms. The van der Waals surface area contributed by atoms with Crippen molar-refractivity contribution in [2.45, 2.75) is 4.90 Å². The summed E-state index contributed by atoms with van der Waals surface area (Å²) in [5, 5.41) is 0. The van der Waals surface area contributed by atoms with Gasteiger partial charge < -0.3 is 10.5 Å². The normalized spacial score (nSPS) is 11.1. The van der Waals surface area contributed by atoms with Crippen LogP contribution in [0, 0.1) is 0 Å². The summed E-state index contributed by atoms with van der Waals surface area (Å²) < 4.78 is 27.7. The van der Waals surface area contributed by atoms with Crippen LogP contribution in [-0.4, -0.2) is 33.8 Å². The number of rotatable bonds is 4. The van der Waals surface area contributed by atoms with Crippen LogP contribution in [0.4, 0.5) is 0 Å². The summed E-state index contributed by atoms with van der Waals surface area (Å²) in [7, 11) is -2.07. The summed E-state index contributed by atoms with van der Waals surface area (Å²) in [5.74, 6) is -0.604. The number of methoxy groups -OCH3 is 1. The van der Waals surface area contributed by atoms with E-state index in [9.17, 15) is 13.2 Å². The maximum absolute atomic E-state index is 11.6. The Labute approximate surface area is 94.1 Å². The lowest BCUT2D eigenvalue weighted by Crippen LogP contribution is -2.15. The number of hydrogen-bond acceptors (Lipinski definition) is 5. The zero-order chi connectivity index (χ0) is 12.2. The minimum absolute atomic E-state index is 0.0705. The molecule has 88 valence electrons. The molecular formula is C10H13NO4S. The molecular weight excluding hydrogens is 230 g/mol. The lowest BCUT2D eigenvalue weighted by Gasteiger charge is -2.03. The molecule has 0 saturated carbocycles. The molecule has 0 unspecified atom stereocenters. The Morgan fingerprint density at radius 3 is 2.31 bits per heavy atom. The van der Waals surface area contributed by atoms with Gasteiger partial charge in [0.15, 0.2) is 9.84 Å². The summed E-state index contributed by atoms with van der Waals surface area (Å²) >= 11 is 0. The number of carbonyl (C=O) groups excluding carboxylic acids is 1. The number of carbonyl (C=O) groups is 1. The van der Waals surface area contributed by atoms with Gasteiger partial charge in [0.2, 0.25) is 0 Å². The number of sulfone groups is 1. The first-order chi connectivity index (χ1) is 7.51. The van der Waals surface area contributed by atoms with Gasteiger partial charge in [0.25, 0.3) is 0 Å². The Morgan fingerprint density at radius 1 is 1.31 bits per heavy atom. The van der Waals surface area contributed by atoms with Crippen molar-refractivity contribution < 1.29 is 17.9 Å². The van der Waals surface area contributed by atoms with Crippen LogP contribution in [0.1, 0.15) is 10.4 Å². The fourth-order valence-electron chi connectivity index (χ4n) is 1.19. The molecule has 16 heavy (non-hydrogen) atoms. The average Bonchev–Trinajstić information content (AvgIpc) is 2.28. The lowest BCUT2D eigenvalue weighted by molar-refractivity contribution is 0.0600. The highest BCUT2D eigenvalue weighted by molar-refractivity contribution is 7.91.